The molecule has 1 aliphatic heterocycles. The molecule has 0 radical (unpaired) electrons. The maximum absolute atomic E-state index is 10.6. The van der Waals surface area contributed by atoms with Gasteiger partial charge in [-0.15, -0.1) is 6.42 Å². The Morgan fingerprint density at radius 2 is 2.04 bits per heavy atom. The minimum absolute atomic E-state index is 0.275. The third kappa shape index (κ3) is 4.41. The summed E-state index contributed by atoms with van der Waals surface area (Å²) in [5, 5.41) is 10.6. The number of rotatable bonds is 6. The molecule has 0 aliphatic carbocycles. The first-order valence-electron chi connectivity index (χ1n) is 8.70. The second-order valence-electron chi connectivity index (χ2n) is 6.59. The summed E-state index contributed by atoms with van der Waals surface area (Å²) in [6.45, 7) is 3.19. The van der Waals surface area contributed by atoms with Crippen LogP contribution in [0.25, 0.3) is 0 Å². The zero-order valence-electron chi connectivity index (χ0n) is 14.6. The van der Waals surface area contributed by atoms with Crippen LogP contribution in [0.1, 0.15) is 30.3 Å². The minimum Gasteiger partial charge on any atom is -0.481 e. The van der Waals surface area contributed by atoms with Gasteiger partial charge in [0, 0.05) is 26.0 Å². The van der Waals surface area contributed by atoms with E-state index >= 15 is 0 Å². The first-order chi connectivity index (χ1) is 12.2. The topological polar surface area (TPSA) is 50.5 Å². The molecule has 1 saturated heterocycles. The van der Waals surface area contributed by atoms with Gasteiger partial charge in [0.1, 0.15) is 24.3 Å². The lowest BCUT2D eigenvalue weighted by molar-refractivity contribution is 0.0492. The lowest BCUT2D eigenvalue weighted by atomic mass is 9.90. The predicted octanol–water partition coefficient (Wildman–Crippen LogP) is 2.38. The van der Waals surface area contributed by atoms with Crippen LogP contribution in [0.5, 0.6) is 5.75 Å². The van der Waals surface area contributed by atoms with Gasteiger partial charge in [0.05, 0.1) is 0 Å². The van der Waals surface area contributed by atoms with Crippen LogP contribution < -0.4 is 4.74 Å². The van der Waals surface area contributed by atoms with Crippen LogP contribution in [0.2, 0.25) is 0 Å². The van der Waals surface area contributed by atoms with E-state index in [2.05, 4.69) is 27.9 Å². The second kappa shape index (κ2) is 8.19. The van der Waals surface area contributed by atoms with E-state index in [1.165, 1.54) is 5.56 Å². The minimum atomic E-state index is -0.477. The van der Waals surface area contributed by atoms with Crippen LogP contribution in [0.4, 0.5) is 0 Å². The molecule has 25 heavy (non-hydrogen) atoms. The van der Waals surface area contributed by atoms with Crippen molar-refractivity contribution in [3.63, 3.8) is 0 Å². The molecule has 5 nitrogen and oxygen atoms in total. The highest BCUT2D eigenvalue weighted by Crippen LogP contribution is 2.30. The fourth-order valence-electron chi connectivity index (χ4n) is 3.37. The first-order valence-corrected chi connectivity index (χ1v) is 8.70. The number of benzene rings is 1. The van der Waals surface area contributed by atoms with E-state index in [-0.39, 0.29) is 5.92 Å². The number of piperidine rings is 1. The standard InChI is InChI=1S/C20H25N3O2/c1-3-14-25-18-6-4-16(5-7-18)15-23-11-8-17(9-12-23)19(24)20-21-10-13-22(20)2/h1,4-7,10,13,17,19,24H,8-9,11-12,14-15H2,2H3. The Labute approximate surface area is 149 Å². The van der Waals surface area contributed by atoms with Crippen LogP contribution >= 0.6 is 0 Å². The number of hydrogen-bond donors (Lipinski definition) is 1. The fourth-order valence-corrected chi connectivity index (χ4v) is 3.37. The van der Waals surface area contributed by atoms with E-state index in [0.717, 1.165) is 44.0 Å². The Bertz CT molecular complexity index is 709. The quantitative estimate of drug-likeness (QED) is 0.821. The number of aromatic nitrogens is 2. The zero-order chi connectivity index (χ0) is 17.6. The van der Waals surface area contributed by atoms with Gasteiger partial charge in [-0.25, -0.2) is 4.98 Å². The molecule has 0 spiro atoms. The van der Waals surface area contributed by atoms with Crippen molar-refractivity contribution in [3.8, 4) is 18.1 Å². The van der Waals surface area contributed by atoms with Crippen molar-refractivity contribution in [2.75, 3.05) is 19.7 Å². The fraction of sp³-hybridized carbons (Fsp3) is 0.450. The number of likely N-dealkylation sites (tertiary alicyclic amines) is 1. The molecular weight excluding hydrogens is 314 g/mol. The number of aliphatic hydroxyl groups is 1. The molecule has 1 atom stereocenters. The van der Waals surface area contributed by atoms with Crippen LogP contribution in [-0.2, 0) is 13.6 Å². The SMILES string of the molecule is C#CCOc1ccc(CN2CCC(C(O)c3nccn3C)CC2)cc1. The molecule has 3 rings (SSSR count). The van der Waals surface area contributed by atoms with Crippen LogP contribution in [0, 0.1) is 18.3 Å². The Morgan fingerprint density at radius 3 is 2.64 bits per heavy atom. The smallest absolute Gasteiger partial charge is 0.148 e. The average molecular weight is 339 g/mol. The Balaban J connectivity index is 1.49. The molecule has 0 amide bonds. The third-order valence-corrected chi connectivity index (χ3v) is 4.85. The van der Waals surface area contributed by atoms with E-state index in [9.17, 15) is 5.11 Å². The highest BCUT2D eigenvalue weighted by molar-refractivity contribution is 5.27. The maximum Gasteiger partial charge on any atom is 0.148 e. The van der Waals surface area contributed by atoms with E-state index in [4.69, 9.17) is 11.2 Å². The van der Waals surface area contributed by atoms with Crippen LogP contribution in [-0.4, -0.2) is 39.3 Å². The summed E-state index contributed by atoms with van der Waals surface area (Å²) in [5.41, 5.74) is 1.26. The van der Waals surface area contributed by atoms with E-state index in [1.807, 2.05) is 29.9 Å². The highest BCUT2D eigenvalue weighted by atomic mass is 16.5. The summed E-state index contributed by atoms with van der Waals surface area (Å²) < 4.78 is 7.30. The van der Waals surface area contributed by atoms with Gasteiger partial charge < -0.3 is 14.4 Å². The summed E-state index contributed by atoms with van der Waals surface area (Å²) in [7, 11) is 1.93. The van der Waals surface area contributed by atoms with Gasteiger partial charge in [-0.2, -0.15) is 0 Å². The molecule has 1 aromatic heterocycles. The molecule has 2 aromatic rings. The third-order valence-electron chi connectivity index (χ3n) is 4.85. The average Bonchev–Trinajstić information content (AvgIpc) is 3.07. The largest absolute Gasteiger partial charge is 0.481 e. The lowest BCUT2D eigenvalue weighted by Gasteiger charge is -2.34. The monoisotopic (exact) mass is 339 g/mol. The summed E-state index contributed by atoms with van der Waals surface area (Å²) in [6, 6.07) is 8.09. The van der Waals surface area contributed by atoms with Crippen molar-refractivity contribution in [3.05, 3.63) is 48.0 Å². The normalized spacial score (nSPS) is 17.2. The Morgan fingerprint density at radius 1 is 1.32 bits per heavy atom. The van der Waals surface area contributed by atoms with Crippen molar-refractivity contribution < 1.29 is 9.84 Å². The maximum atomic E-state index is 10.6. The van der Waals surface area contributed by atoms with E-state index in [1.54, 1.807) is 6.20 Å². The number of aryl methyl sites for hydroxylation is 1. The van der Waals surface area contributed by atoms with Crippen LogP contribution in [0.15, 0.2) is 36.7 Å². The summed E-state index contributed by atoms with van der Waals surface area (Å²) in [4.78, 5) is 6.71. The van der Waals surface area contributed by atoms with Gasteiger partial charge in [0.15, 0.2) is 0 Å². The van der Waals surface area contributed by atoms with Gasteiger partial charge in [-0.3, -0.25) is 4.90 Å². The van der Waals surface area contributed by atoms with Crippen molar-refractivity contribution in [1.29, 1.82) is 0 Å². The highest BCUT2D eigenvalue weighted by Gasteiger charge is 2.28. The molecule has 0 saturated carbocycles. The molecule has 5 heteroatoms. The molecule has 132 valence electrons. The van der Waals surface area contributed by atoms with Crippen molar-refractivity contribution in [2.45, 2.75) is 25.5 Å². The van der Waals surface area contributed by atoms with Gasteiger partial charge in [-0.05, 0) is 49.5 Å². The van der Waals surface area contributed by atoms with Gasteiger partial charge in [0.25, 0.3) is 0 Å². The van der Waals surface area contributed by atoms with Crippen molar-refractivity contribution in [1.82, 2.24) is 14.5 Å². The molecule has 1 aromatic carbocycles. The number of ether oxygens (including phenoxy) is 1. The van der Waals surface area contributed by atoms with E-state index < -0.39 is 6.10 Å². The van der Waals surface area contributed by atoms with Gasteiger partial charge in [0.2, 0.25) is 0 Å². The Kier molecular flexibility index (Phi) is 5.75. The molecule has 1 fully saturated rings. The van der Waals surface area contributed by atoms with Gasteiger partial charge in [-0.1, -0.05) is 18.1 Å². The van der Waals surface area contributed by atoms with Crippen molar-refractivity contribution >= 4 is 0 Å². The number of imidazole rings is 1. The number of terminal acetylenes is 1. The van der Waals surface area contributed by atoms with Crippen LogP contribution in [0.3, 0.4) is 0 Å². The molecule has 1 unspecified atom stereocenters. The Hall–Kier alpha value is -2.29. The number of hydrogen-bond acceptors (Lipinski definition) is 4. The molecule has 2 heterocycles. The second-order valence-corrected chi connectivity index (χ2v) is 6.59. The summed E-state index contributed by atoms with van der Waals surface area (Å²) in [5.74, 6) is 4.31. The lowest BCUT2D eigenvalue weighted by Crippen LogP contribution is -2.35. The van der Waals surface area contributed by atoms with Crippen molar-refractivity contribution in [2.24, 2.45) is 13.0 Å². The molecule has 0 bridgehead atoms. The molecular formula is C20H25N3O2. The van der Waals surface area contributed by atoms with Gasteiger partial charge >= 0.3 is 0 Å². The summed E-state index contributed by atoms with van der Waals surface area (Å²) in [6.07, 6.45) is 10.3. The summed E-state index contributed by atoms with van der Waals surface area (Å²) >= 11 is 0. The zero-order valence-corrected chi connectivity index (χ0v) is 14.6. The molecule has 1 aliphatic rings. The molecule has 1 N–H and O–H groups in total. The number of nitrogens with zero attached hydrogens (tertiary/aromatic N) is 3. The predicted molar refractivity (Wildman–Crippen MR) is 96.9 cm³/mol. The number of aliphatic hydroxyl groups excluding tert-OH is 1. The van der Waals surface area contributed by atoms with E-state index in [0.29, 0.717) is 6.61 Å². The first kappa shape index (κ1) is 17.5.